The van der Waals surface area contributed by atoms with E-state index in [1.54, 1.807) is 0 Å². The summed E-state index contributed by atoms with van der Waals surface area (Å²) in [7, 11) is -3.51. The molecule has 0 aromatic heterocycles. The second kappa shape index (κ2) is 6.48. The van der Waals surface area contributed by atoms with Crippen LogP contribution in [0, 0.1) is 11.6 Å². The summed E-state index contributed by atoms with van der Waals surface area (Å²) in [6.07, 6.45) is -4.86. The van der Waals surface area contributed by atoms with E-state index in [1.165, 1.54) is 0 Å². The molecule has 0 saturated carbocycles. The van der Waals surface area contributed by atoms with Gasteiger partial charge in [-0.25, -0.2) is 17.2 Å². The molecule has 0 fully saturated rings. The Hall–Kier alpha value is -2.00. The fourth-order valence-corrected chi connectivity index (χ4v) is 3.43. The van der Waals surface area contributed by atoms with Crippen LogP contribution in [-0.4, -0.2) is 19.8 Å². The maximum absolute atomic E-state index is 13.6. The molecule has 2 aromatic rings. The SMILES string of the molecule is CN(Cc1ccc(F)cc1F)S(=O)(=O)c1ccccc1C(F)(F)F. The van der Waals surface area contributed by atoms with Crippen LogP contribution in [0.2, 0.25) is 0 Å². The van der Waals surface area contributed by atoms with Crippen LogP contribution in [0.25, 0.3) is 0 Å². The maximum Gasteiger partial charge on any atom is 0.417 e. The molecule has 0 unspecified atom stereocenters. The molecule has 2 aromatic carbocycles. The number of halogens is 5. The minimum Gasteiger partial charge on any atom is -0.207 e. The third kappa shape index (κ3) is 3.73. The van der Waals surface area contributed by atoms with E-state index in [0.29, 0.717) is 16.4 Å². The van der Waals surface area contributed by atoms with E-state index < -0.39 is 44.8 Å². The Kier molecular flexibility index (Phi) is 4.95. The Morgan fingerprint density at radius 3 is 2.25 bits per heavy atom. The van der Waals surface area contributed by atoms with Crippen LogP contribution in [0.4, 0.5) is 22.0 Å². The highest BCUT2D eigenvalue weighted by molar-refractivity contribution is 7.89. The minimum absolute atomic E-state index is 0.160. The van der Waals surface area contributed by atoms with Crippen molar-refractivity contribution in [1.82, 2.24) is 4.31 Å². The third-order valence-electron chi connectivity index (χ3n) is 3.29. The molecule has 9 heteroatoms. The van der Waals surface area contributed by atoms with Crippen molar-refractivity contribution >= 4 is 10.0 Å². The number of hydrogen-bond donors (Lipinski definition) is 0. The lowest BCUT2D eigenvalue weighted by molar-refractivity contribution is -0.139. The normalized spacial score (nSPS) is 12.6. The number of benzene rings is 2. The predicted octanol–water partition coefficient (Wildman–Crippen LogP) is 3.80. The number of nitrogens with zero attached hydrogens (tertiary/aromatic N) is 1. The zero-order valence-corrected chi connectivity index (χ0v) is 13.1. The molecule has 0 radical (unpaired) electrons. The van der Waals surface area contributed by atoms with Crippen LogP contribution in [0.15, 0.2) is 47.4 Å². The fraction of sp³-hybridized carbons (Fsp3) is 0.200. The van der Waals surface area contributed by atoms with Crippen LogP contribution in [0.3, 0.4) is 0 Å². The molecule has 0 heterocycles. The summed E-state index contributed by atoms with van der Waals surface area (Å²) in [5.41, 5.74) is -1.47. The molecule has 24 heavy (non-hydrogen) atoms. The van der Waals surface area contributed by atoms with Crippen molar-refractivity contribution in [3.63, 3.8) is 0 Å². The number of alkyl halides is 3. The van der Waals surface area contributed by atoms with Gasteiger partial charge < -0.3 is 0 Å². The molecule has 3 nitrogen and oxygen atoms in total. The fourth-order valence-electron chi connectivity index (χ4n) is 2.07. The van der Waals surface area contributed by atoms with E-state index in [0.717, 1.165) is 37.4 Å². The lowest BCUT2D eigenvalue weighted by atomic mass is 10.2. The second-order valence-corrected chi connectivity index (χ2v) is 7.00. The quantitative estimate of drug-likeness (QED) is 0.773. The topological polar surface area (TPSA) is 37.4 Å². The van der Waals surface area contributed by atoms with E-state index >= 15 is 0 Å². The van der Waals surface area contributed by atoms with Crippen molar-refractivity contribution in [1.29, 1.82) is 0 Å². The van der Waals surface area contributed by atoms with Gasteiger partial charge in [-0.1, -0.05) is 18.2 Å². The summed E-state index contributed by atoms with van der Waals surface area (Å²) in [6, 6.07) is 6.25. The molecule has 0 spiro atoms. The Bertz CT molecular complexity index is 849. The van der Waals surface area contributed by atoms with E-state index in [2.05, 4.69) is 0 Å². The number of hydrogen-bond acceptors (Lipinski definition) is 2. The molecule has 0 aliphatic rings. The van der Waals surface area contributed by atoms with Gasteiger partial charge in [-0.2, -0.15) is 17.5 Å². The van der Waals surface area contributed by atoms with E-state index in [1.807, 2.05) is 0 Å². The first-order valence-corrected chi connectivity index (χ1v) is 8.04. The Balaban J connectivity index is 2.41. The van der Waals surface area contributed by atoms with E-state index in [9.17, 15) is 30.4 Å². The lowest BCUT2D eigenvalue weighted by Gasteiger charge is -2.20. The molecular weight excluding hydrogens is 353 g/mol. The molecule has 2 rings (SSSR count). The molecule has 130 valence electrons. The molecule has 0 aliphatic heterocycles. The summed E-state index contributed by atoms with van der Waals surface area (Å²) >= 11 is 0. The zero-order valence-electron chi connectivity index (χ0n) is 12.3. The largest absolute Gasteiger partial charge is 0.417 e. The van der Waals surface area contributed by atoms with E-state index in [-0.39, 0.29) is 5.56 Å². The van der Waals surface area contributed by atoms with Crippen LogP contribution >= 0.6 is 0 Å². The van der Waals surface area contributed by atoms with Crippen molar-refractivity contribution < 1.29 is 30.4 Å². The average Bonchev–Trinajstić information content (AvgIpc) is 2.49. The standard InChI is InChI=1S/C15H12F5NO2S/c1-21(9-10-6-7-11(16)8-13(10)17)24(22,23)14-5-3-2-4-12(14)15(18,19)20/h2-8H,9H2,1H3. The van der Waals surface area contributed by atoms with Gasteiger partial charge in [0.05, 0.1) is 10.5 Å². The zero-order chi connectivity index (χ0) is 18.1. The van der Waals surface area contributed by atoms with Gasteiger partial charge in [0.2, 0.25) is 10.0 Å². The molecule has 0 aliphatic carbocycles. The molecule has 0 atom stereocenters. The summed E-state index contributed by atoms with van der Waals surface area (Å²) < 4.78 is 90.9. The summed E-state index contributed by atoms with van der Waals surface area (Å²) in [5, 5.41) is 0. The smallest absolute Gasteiger partial charge is 0.207 e. The van der Waals surface area contributed by atoms with Crippen molar-refractivity contribution in [2.75, 3.05) is 7.05 Å². The lowest BCUT2D eigenvalue weighted by Crippen LogP contribution is -2.29. The first kappa shape index (κ1) is 18.3. The van der Waals surface area contributed by atoms with Crippen molar-refractivity contribution in [2.24, 2.45) is 0 Å². The van der Waals surface area contributed by atoms with Crippen molar-refractivity contribution in [3.8, 4) is 0 Å². The van der Waals surface area contributed by atoms with Gasteiger partial charge in [0, 0.05) is 25.2 Å². The summed E-state index contributed by atoms with van der Waals surface area (Å²) in [5.74, 6) is -1.83. The Labute approximate surface area is 135 Å². The van der Waals surface area contributed by atoms with Gasteiger partial charge >= 0.3 is 6.18 Å². The predicted molar refractivity (Wildman–Crippen MR) is 76.5 cm³/mol. The first-order chi connectivity index (χ1) is 11.0. The highest BCUT2D eigenvalue weighted by Gasteiger charge is 2.38. The van der Waals surface area contributed by atoms with Gasteiger partial charge in [-0.15, -0.1) is 0 Å². The summed E-state index contributed by atoms with van der Waals surface area (Å²) in [4.78, 5) is -0.928. The Morgan fingerprint density at radius 1 is 1.04 bits per heavy atom. The van der Waals surface area contributed by atoms with Crippen molar-refractivity contribution in [3.05, 3.63) is 65.2 Å². The molecule has 0 bridgehead atoms. The van der Waals surface area contributed by atoms with Gasteiger partial charge in [0.25, 0.3) is 0 Å². The monoisotopic (exact) mass is 365 g/mol. The molecular formula is C15H12F5NO2S. The maximum atomic E-state index is 13.6. The van der Waals surface area contributed by atoms with Crippen LogP contribution in [0.1, 0.15) is 11.1 Å². The van der Waals surface area contributed by atoms with Crippen LogP contribution in [0.5, 0.6) is 0 Å². The van der Waals surface area contributed by atoms with Gasteiger partial charge in [0.1, 0.15) is 11.6 Å². The third-order valence-corrected chi connectivity index (χ3v) is 5.15. The molecule has 0 amide bonds. The van der Waals surface area contributed by atoms with Crippen LogP contribution < -0.4 is 0 Å². The summed E-state index contributed by atoms with van der Waals surface area (Å²) in [6.45, 7) is -0.541. The highest BCUT2D eigenvalue weighted by atomic mass is 32.2. The average molecular weight is 365 g/mol. The van der Waals surface area contributed by atoms with E-state index in [4.69, 9.17) is 0 Å². The molecule has 0 N–H and O–H groups in total. The minimum atomic E-state index is -4.86. The first-order valence-electron chi connectivity index (χ1n) is 6.60. The number of rotatable bonds is 4. The number of sulfonamides is 1. The van der Waals surface area contributed by atoms with Gasteiger partial charge in [-0.3, -0.25) is 0 Å². The highest BCUT2D eigenvalue weighted by Crippen LogP contribution is 2.35. The van der Waals surface area contributed by atoms with Gasteiger partial charge in [-0.05, 0) is 18.2 Å². The van der Waals surface area contributed by atoms with Crippen LogP contribution in [-0.2, 0) is 22.7 Å². The molecule has 0 saturated heterocycles. The van der Waals surface area contributed by atoms with Crippen molar-refractivity contribution in [2.45, 2.75) is 17.6 Å². The second-order valence-electron chi connectivity index (χ2n) is 4.99. The van der Waals surface area contributed by atoms with Gasteiger partial charge in [0.15, 0.2) is 0 Å². The Morgan fingerprint density at radius 2 is 1.67 bits per heavy atom.